The number of aliphatic carboxylic acids is 1. The molecule has 4 aromatic rings. The van der Waals surface area contributed by atoms with Crippen LogP contribution in [0.3, 0.4) is 0 Å². The molecule has 1 aliphatic rings. The first kappa shape index (κ1) is 32.7. The highest BCUT2D eigenvalue weighted by atomic mass is 16.4. The molecular formula is C36H36N4O7. The lowest BCUT2D eigenvalue weighted by Gasteiger charge is -2.23. The van der Waals surface area contributed by atoms with Crippen LogP contribution < -0.4 is 15.8 Å². The number of fused-ring (bicyclic) bond motifs is 2. The monoisotopic (exact) mass is 636 g/mol. The molecule has 2 amide bonds. The molecule has 2 N–H and O–H groups in total. The van der Waals surface area contributed by atoms with E-state index in [2.05, 4.69) is 29.0 Å². The molecule has 47 heavy (non-hydrogen) atoms. The number of carbonyl (C=O) groups is 3. The number of rotatable bonds is 13. The maximum absolute atomic E-state index is 13.3. The zero-order chi connectivity index (χ0) is 33.3. The Morgan fingerprint density at radius 2 is 1.68 bits per heavy atom. The van der Waals surface area contributed by atoms with Gasteiger partial charge in [-0.05, 0) is 68.8 Å². The van der Waals surface area contributed by atoms with E-state index in [4.69, 9.17) is 13.9 Å². The van der Waals surface area contributed by atoms with E-state index < -0.39 is 11.6 Å². The minimum atomic E-state index is -0.943. The van der Waals surface area contributed by atoms with Crippen LogP contribution in [0.25, 0.3) is 33.5 Å². The molecule has 2 heterocycles. The van der Waals surface area contributed by atoms with Crippen molar-refractivity contribution < 1.29 is 28.3 Å². The molecule has 0 unspecified atom stereocenters. The van der Waals surface area contributed by atoms with Gasteiger partial charge in [0.05, 0.1) is 0 Å². The Bertz CT molecular complexity index is 1980. The summed E-state index contributed by atoms with van der Waals surface area (Å²) in [6, 6.07) is 12.2. The molecule has 0 spiro atoms. The Morgan fingerprint density at radius 3 is 2.47 bits per heavy atom. The fourth-order valence-electron chi connectivity index (χ4n) is 5.25. The largest absolute Gasteiger partial charge is 0.481 e. The number of hydrogen-bond acceptors (Lipinski definition) is 8. The summed E-state index contributed by atoms with van der Waals surface area (Å²) >= 11 is 0. The van der Waals surface area contributed by atoms with Gasteiger partial charge >= 0.3 is 11.6 Å². The summed E-state index contributed by atoms with van der Waals surface area (Å²) in [4.78, 5) is 58.5. The van der Waals surface area contributed by atoms with Gasteiger partial charge in [0.1, 0.15) is 16.7 Å². The summed E-state index contributed by atoms with van der Waals surface area (Å²) in [6.07, 6.45) is 12.5. The Labute approximate surface area is 271 Å². The molecule has 0 saturated heterocycles. The minimum absolute atomic E-state index is 0.0773. The first-order valence-electron chi connectivity index (χ1n) is 15.5. The lowest BCUT2D eigenvalue weighted by molar-refractivity contribution is -0.137. The summed E-state index contributed by atoms with van der Waals surface area (Å²) in [5, 5.41) is 12.6. The Balaban J connectivity index is 1.28. The first-order valence-corrected chi connectivity index (χ1v) is 15.5. The van der Waals surface area contributed by atoms with Gasteiger partial charge in [0.2, 0.25) is 5.89 Å². The number of allylic oxidation sites excluding steroid dienone is 6. The fourth-order valence-corrected chi connectivity index (χ4v) is 5.25. The summed E-state index contributed by atoms with van der Waals surface area (Å²) < 4.78 is 11.5. The second kappa shape index (κ2) is 15.0. The third-order valence-corrected chi connectivity index (χ3v) is 7.74. The van der Waals surface area contributed by atoms with Crippen LogP contribution in [-0.2, 0) is 9.59 Å². The second-order valence-electron chi connectivity index (χ2n) is 10.8. The number of amides is 2. The lowest BCUT2D eigenvalue weighted by atomic mass is 10.1. The van der Waals surface area contributed by atoms with Crippen molar-refractivity contribution in [3.8, 4) is 11.5 Å². The van der Waals surface area contributed by atoms with E-state index in [0.717, 1.165) is 24.2 Å². The Hall–Kier alpha value is -5.71. The van der Waals surface area contributed by atoms with E-state index in [1.165, 1.54) is 4.90 Å². The minimum Gasteiger partial charge on any atom is -0.481 e. The van der Waals surface area contributed by atoms with Crippen molar-refractivity contribution in [1.82, 2.24) is 15.2 Å². The van der Waals surface area contributed by atoms with Gasteiger partial charge in [-0.15, -0.1) is 0 Å². The number of carboxylic acid groups (broad SMARTS) is 1. The Morgan fingerprint density at radius 1 is 0.894 bits per heavy atom. The normalized spacial score (nSPS) is 15.7. The number of oxazole rings is 1. The zero-order valence-corrected chi connectivity index (χ0v) is 26.3. The number of benzene rings is 2. The van der Waals surface area contributed by atoms with Crippen molar-refractivity contribution >= 4 is 45.5 Å². The molecule has 0 radical (unpaired) electrons. The Kier molecular flexibility index (Phi) is 10.5. The van der Waals surface area contributed by atoms with E-state index in [1.54, 1.807) is 60.7 Å². The van der Waals surface area contributed by atoms with E-state index in [9.17, 15) is 19.2 Å². The van der Waals surface area contributed by atoms with Gasteiger partial charge in [-0.2, -0.15) is 0 Å². The van der Waals surface area contributed by atoms with E-state index in [0.29, 0.717) is 27.8 Å². The third kappa shape index (κ3) is 7.93. The maximum Gasteiger partial charge on any atom is 0.349 e. The van der Waals surface area contributed by atoms with Gasteiger partial charge in [0.25, 0.3) is 11.8 Å². The van der Waals surface area contributed by atoms with Gasteiger partial charge < -0.3 is 29.1 Å². The molecule has 1 aliphatic carbocycles. The van der Waals surface area contributed by atoms with Crippen LogP contribution in [0.5, 0.6) is 0 Å². The number of nitrogens with zero attached hydrogens (tertiary/aromatic N) is 3. The lowest BCUT2D eigenvalue weighted by Crippen LogP contribution is -2.39. The van der Waals surface area contributed by atoms with E-state index in [1.807, 2.05) is 24.3 Å². The number of aromatic nitrogens is 1. The molecule has 0 atom stereocenters. The number of anilines is 1. The predicted molar refractivity (Wildman–Crippen MR) is 180 cm³/mol. The number of nitrogens with one attached hydrogen (secondary N) is 1. The van der Waals surface area contributed by atoms with Gasteiger partial charge in [-0.1, -0.05) is 30.4 Å². The van der Waals surface area contributed by atoms with Gasteiger partial charge in [0.15, 0.2) is 5.58 Å². The van der Waals surface area contributed by atoms with Gasteiger partial charge in [-0.25, -0.2) is 9.78 Å². The van der Waals surface area contributed by atoms with Crippen molar-refractivity contribution in [3.63, 3.8) is 0 Å². The summed E-state index contributed by atoms with van der Waals surface area (Å²) in [7, 11) is 0. The van der Waals surface area contributed by atoms with Crippen molar-refractivity contribution in [2.75, 3.05) is 37.6 Å². The zero-order valence-electron chi connectivity index (χ0n) is 26.3. The molecule has 2 aromatic heterocycles. The quantitative estimate of drug-likeness (QED) is 0.182. The van der Waals surface area contributed by atoms with Crippen molar-refractivity contribution in [2.45, 2.75) is 26.7 Å². The number of hydrogen-bond donors (Lipinski definition) is 2. The van der Waals surface area contributed by atoms with Crippen LogP contribution >= 0.6 is 0 Å². The molecule has 0 bridgehead atoms. The van der Waals surface area contributed by atoms with Crippen molar-refractivity contribution in [2.24, 2.45) is 0 Å². The maximum atomic E-state index is 13.3. The topological polar surface area (TPSA) is 146 Å². The summed E-state index contributed by atoms with van der Waals surface area (Å²) in [5.41, 5.74) is 2.56. The smallest absolute Gasteiger partial charge is 0.349 e. The highest BCUT2D eigenvalue weighted by molar-refractivity contribution is 5.98. The van der Waals surface area contributed by atoms with Crippen molar-refractivity contribution in [1.29, 1.82) is 0 Å². The summed E-state index contributed by atoms with van der Waals surface area (Å²) in [5.74, 6) is -1.51. The SMILES string of the molecule is CCN(CC)c1ccc2cc(-c3nc4cc(C(=O)NCCN(CCCC(=O)O)C(=O)C5=C/C=C\C=C/C=C\5)ccc4o3)c(=O)oc2c1. The molecule has 11 nitrogen and oxygen atoms in total. The average molecular weight is 637 g/mol. The van der Waals surface area contributed by atoms with Gasteiger partial charge in [-0.3, -0.25) is 14.4 Å². The van der Waals surface area contributed by atoms with Crippen LogP contribution in [0.1, 0.15) is 37.0 Å². The van der Waals surface area contributed by atoms with Crippen LogP contribution in [0.2, 0.25) is 0 Å². The highest BCUT2D eigenvalue weighted by Gasteiger charge is 2.19. The average Bonchev–Trinajstić information content (AvgIpc) is 3.47. The fraction of sp³-hybridized carbons (Fsp3) is 0.250. The molecule has 0 fully saturated rings. The molecule has 2 aromatic carbocycles. The summed E-state index contributed by atoms with van der Waals surface area (Å²) in [6.45, 7) is 6.31. The first-order chi connectivity index (χ1) is 22.8. The molecule has 5 rings (SSSR count). The predicted octanol–water partition coefficient (Wildman–Crippen LogP) is 5.48. The van der Waals surface area contributed by atoms with Crippen LogP contribution in [-0.4, -0.2) is 65.5 Å². The second-order valence-corrected chi connectivity index (χ2v) is 10.8. The third-order valence-electron chi connectivity index (χ3n) is 7.74. The standard InChI is InChI=1S/C36H36N4O7/c1-3-39(4-2)27-16-14-25-21-28(36(45)47-31(25)23-27)34-38-29-22-26(15-17-30(29)46-34)33(43)37-18-20-40(19-10-13-32(41)42)35(44)24-11-8-6-5-7-9-12-24/h5-9,11-12,14-17,21-23H,3-4,10,13,18-20H2,1-2H3,(H,37,43)(H,41,42)/b6-5-,7-5?,8-6?,9-7-,11-8-,12-9?,24-11?,24-12+. The van der Waals surface area contributed by atoms with E-state index >= 15 is 0 Å². The molecular weight excluding hydrogens is 600 g/mol. The molecule has 0 saturated carbocycles. The van der Waals surface area contributed by atoms with Gasteiger partial charge in [0, 0.05) is 67.4 Å². The number of carboxylic acids is 1. The van der Waals surface area contributed by atoms with E-state index in [-0.39, 0.29) is 55.7 Å². The molecule has 11 heteroatoms. The van der Waals surface area contributed by atoms with Crippen molar-refractivity contribution in [3.05, 3.63) is 107 Å². The molecule has 0 aliphatic heterocycles. The van der Waals surface area contributed by atoms with Crippen LogP contribution in [0.15, 0.2) is 104 Å². The molecule has 242 valence electrons. The van der Waals surface area contributed by atoms with Crippen LogP contribution in [0, 0.1) is 0 Å². The highest BCUT2D eigenvalue weighted by Crippen LogP contribution is 2.27. The van der Waals surface area contributed by atoms with Crippen LogP contribution in [0.4, 0.5) is 5.69 Å². The number of carbonyl (C=O) groups excluding carboxylic acids is 2.